The first-order valence-corrected chi connectivity index (χ1v) is 7.98. The average molecular weight is 372 g/mol. The van der Waals surface area contributed by atoms with E-state index in [1.807, 2.05) is 0 Å². The Morgan fingerprint density at radius 1 is 1.27 bits per heavy atom. The summed E-state index contributed by atoms with van der Waals surface area (Å²) in [5.74, 6) is -0.177. The standard InChI is InChI=1S/C18H14ClN3O4/c1-11-15(8-12-6-7-17(26-2)16(9-12)22(24)25)18(23)21(20-11)14-5-3-4-13(19)10-14/h3-10H,1-2H3. The first-order chi connectivity index (χ1) is 12.4. The van der Waals surface area contributed by atoms with Crippen molar-refractivity contribution in [2.45, 2.75) is 6.92 Å². The lowest BCUT2D eigenvalue weighted by molar-refractivity contribution is -0.385. The number of ether oxygens (including phenoxy) is 1. The monoisotopic (exact) mass is 371 g/mol. The fraction of sp³-hybridized carbons (Fsp3) is 0.111. The van der Waals surface area contributed by atoms with E-state index in [2.05, 4.69) is 5.10 Å². The summed E-state index contributed by atoms with van der Waals surface area (Å²) in [4.78, 5) is 23.3. The number of nitro groups is 1. The van der Waals surface area contributed by atoms with E-state index >= 15 is 0 Å². The van der Waals surface area contributed by atoms with Crippen LogP contribution in [0.15, 0.2) is 53.1 Å². The number of hydrogen-bond acceptors (Lipinski definition) is 5. The van der Waals surface area contributed by atoms with E-state index in [1.165, 1.54) is 24.3 Å². The minimum atomic E-state index is -0.531. The fourth-order valence-corrected chi connectivity index (χ4v) is 2.76. The predicted molar refractivity (Wildman–Crippen MR) is 99.7 cm³/mol. The van der Waals surface area contributed by atoms with Crippen molar-refractivity contribution in [3.05, 3.63) is 68.7 Å². The Balaban J connectivity index is 1.98. The highest BCUT2D eigenvalue weighted by molar-refractivity contribution is 6.33. The molecule has 0 saturated carbocycles. The van der Waals surface area contributed by atoms with Crippen LogP contribution in [0.5, 0.6) is 5.75 Å². The molecule has 2 aromatic rings. The molecule has 0 fully saturated rings. The quantitative estimate of drug-likeness (QED) is 0.460. The number of nitrogens with zero attached hydrogens (tertiary/aromatic N) is 3. The van der Waals surface area contributed by atoms with Gasteiger partial charge in [0.15, 0.2) is 5.75 Å². The van der Waals surface area contributed by atoms with Gasteiger partial charge in [0.25, 0.3) is 5.91 Å². The number of nitro benzene ring substituents is 1. The van der Waals surface area contributed by atoms with Crippen LogP contribution in [0, 0.1) is 10.1 Å². The summed E-state index contributed by atoms with van der Waals surface area (Å²) in [7, 11) is 1.36. The fourth-order valence-electron chi connectivity index (χ4n) is 2.57. The molecule has 0 spiro atoms. The third-order valence-electron chi connectivity index (χ3n) is 3.83. The van der Waals surface area contributed by atoms with E-state index in [0.717, 1.165) is 0 Å². The number of hydrazone groups is 1. The highest BCUT2D eigenvalue weighted by Gasteiger charge is 2.29. The SMILES string of the molecule is COc1ccc(C=C2C(=O)N(c3cccc(Cl)c3)N=C2C)cc1[N+](=O)[O-]. The second kappa shape index (κ2) is 6.97. The van der Waals surface area contributed by atoms with E-state index in [4.69, 9.17) is 16.3 Å². The van der Waals surface area contributed by atoms with Gasteiger partial charge in [-0.15, -0.1) is 0 Å². The van der Waals surface area contributed by atoms with Gasteiger partial charge in [-0.3, -0.25) is 14.9 Å². The van der Waals surface area contributed by atoms with E-state index < -0.39 is 4.92 Å². The largest absolute Gasteiger partial charge is 0.490 e. The Bertz CT molecular complexity index is 969. The minimum Gasteiger partial charge on any atom is -0.490 e. The summed E-state index contributed by atoms with van der Waals surface area (Å²) in [6.07, 6.45) is 1.57. The van der Waals surface area contributed by atoms with E-state index in [-0.39, 0.29) is 17.3 Å². The topological polar surface area (TPSA) is 85.0 Å². The summed E-state index contributed by atoms with van der Waals surface area (Å²) in [6, 6.07) is 11.3. The lowest BCUT2D eigenvalue weighted by Crippen LogP contribution is -2.21. The number of amides is 1. The molecule has 7 nitrogen and oxygen atoms in total. The summed E-state index contributed by atoms with van der Waals surface area (Å²) >= 11 is 5.97. The van der Waals surface area contributed by atoms with Crippen LogP contribution < -0.4 is 9.75 Å². The summed E-state index contributed by atoms with van der Waals surface area (Å²) in [5.41, 5.74) is 1.74. The Hall–Kier alpha value is -3.19. The molecular weight excluding hydrogens is 358 g/mol. The van der Waals surface area contributed by atoms with Gasteiger partial charge in [0.05, 0.1) is 29.0 Å². The summed E-state index contributed by atoms with van der Waals surface area (Å²) < 4.78 is 4.99. The minimum absolute atomic E-state index is 0.154. The molecule has 0 bridgehead atoms. The zero-order valence-electron chi connectivity index (χ0n) is 14.0. The van der Waals surface area contributed by atoms with Crippen molar-refractivity contribution in [3.63, 3.8) is 0 Å². The third kappa shape index (κ3) is 3.29. The molecule has 0 atom stereocenters. The number of benzene rings is 2. The Morgan fingerprint density at radius 2 is 2.04 bits per heavy atom. The normalized spacial score (nSPS) is 15.3. The number of rotatable bonds is 4. The maximum absolute atomic E-state index is 12.7. The molecule has 132 valence electrons. The summed E-state index contributed by atoms with van der Waals surface area (Å²) in [5, 5.41) is 17.2. The van der Waals surface area contributed by atoms with Gasteiger partial charge in [-0.25, -0.2) is 0 Å². The molecule has 0 aliphatic carbocycles. The van der Waals surface area contributed by atoms with Gasteiger partial charge in [-0.05, 0) is 42.8 Å². The van der Waals surface area contributed by atoms with Crippen LogP contribution in [0.25, 0.3) is 6.08 Å². The van der Waals surface area contributed by atoms with Crippen LogP contribution in [0.2, 0.25) is 5.02 Å². The van der Waals surface area contributed by atoms with Crippen LogP contribution in [-0.4, -0.2) is 23.7 Å². The van der Waals surface area contributed by atoms with Crippen molar-refractivity contribution in [1.29, 1.82) is 0 Å². The van der Waals surface area contributed by atoms with Gasteiger partial charge in [0.2, 0.25) is 0 Å². The highest BCUT2D eigenvalue weighted by atomic mass is 35.5. The molecule has 1 heterocycles. The highest BCUT2D eigenvalue weighted by Crippen LogP contribution is 2.30. The number of hydrogen-bond donors (Lipinski definition) is 0. The molecular formula is C18H14ClN3O4. The Morgan fingerprint density at radius 3 is 2.69 bits per heavy atom. The lowest BCUT2D eigenvalue weighted by Gasteiger charge is -2.11. The van der Waals surface area contributed by atoms with E-state index in [0.29, 0.717) is 27.6 Å². The first kappa shape index (κ1) is 17.6. The number of anilines is 1. The number of carbonyl (C=O) groups is 1. The number of carbonyl (C=O) groups excluding carboxylic acids is 1. The van der Waals surface area contributed by atoms with Gasteiger partial charge in [-0.2, -0.15) is 10.1 Å². The van der Waals surface area contributed by atoms with Crippen LogP contribution in [0.3, 0.4) is 0 Å². The first-order valence-electron chi connectivity index (χ1n) is 7.60. The Kier molecular flexibility index (Phi) is 4.73. The second-order valence-corrected chi connectivity index (χ2v) is 5.97. The smallest absolute Gasteiger partial charge is 0.311 e. The number of halogens is 1. The molecule has 8 heteroatoms. The van der Waals surface area contributed by atoms with Crippen molar-refractivity contribution in [2.24, 2.45) is 5.10 Å². The van der Waals surface area contributed by atoms with Crippen molar-refractivity contribution >= 4 is 40.7 Å². The average Bonchev–Trinajstić information content (AvgIpc) is 2.90. The molecule has 0 radical (unpaired) electrons. The number of methoxy groups -OCH3 is 1. The van der Waals surface area contributed by atoms with Crippen molar-refractivity contribution < 1.29 is 14.5 Å². The predicted octanol–water partition coefficient (Wildman–Crippen LogP) is 4.06. The molecule has 0 aromatic heterocycles. The van der Waals surface area contributed by atoms with Gasteiger partial charge >= 0.3 is 5.69 Å². The molecule has 0 N–H and O–H groups in total. The molecule has 0 saturated heterocycles. The van der Waals surface area contributed by atoms with Gasteiger partial charge in [0, 0.05) is 11.1 Å². The van der Waals surface area contributed by atoms with Crippen molar-refractivity contribution in [2.75, 3.05) is 12.1 Å². The van der Waals surface area contributed by atoms with Crippen molar-refractivity contribution in [1.82, 2.24) is 0 Å². The van der Waals surface area contributed by atoms with Gasteiger partial charge in [-0.1, -0.05) is 23.7 Å². The Labute approximate surface area is 154 Å². The van der Waals surface area contributed by atoms with Crippen LogP contribution in [0.4, 0.5) is 11.4 Å². The van der Waals surface area contributed by atoms with E-state index in [9.17, 15) is 14.9 Å². The molecule has 26 heavy (non-hydrogen) atoms. The molecule has 3 rings (SSSR count). The van der Waals surface area contributed by atoms with Gasteiger partial charge < -0.3 is 4.74 Å². The molecule has 1 aliphatic rings. The molecule has 0 unspecified atom stereocenters. The van der Waals surface area contributed by atoms with Crippen LogP contribution in [-0.2, 0) is 4.79 Å². The van der Waals surface area contributed by atoms with Crippen LogP contribution >= 0.6 is 11.6 Å². The molecule has 2 aromatic carbocycles. The van der Waals surface area contributed by atoms with Crippen LogP contribution in [0.1, 0.15) is 12.5 Å². The molecule has 1 amide bonds. The molecule has 1 aliphatic heterocycles. The van der Waals surface area contributed by atoms with Crippen molar-refractivity contribution in [3.8, 4) is 5.75 Å². The maximum Gasteiger partial charge on any atom is 0.311 e. The zero-order chi connectivity index (χ0) is 18.8. The third-order valence-corrected chi connectivity index (χ3v) is 4.06. The van der Waals surface area contributed by atoms with Gasteiger partial charge in [0.1, 0.15) is 0 Å². The van der Waals surface area contributed by atoms with E-state index in [1.54, 1.807) is 43.3 Å². The zero-order valence-corrected chi connectivity index (χ0v) is 14.7. The second-order valence-electron chi connectivity index (χ2n) is 5.53. The summed E-state index contributed by atoms with van der Waals surface area (Å²) in [6.45, 7) is 1.70. The maximum atomic E-state index is 12.7. The lowest BCUT2D eigenvalue weighted by atomic mass is 10.1.